The topological polar surface area (TPSA) is 70.0 Å². The summed E-state index contributed by atoms with van der Waals surface area (Å²) in [6, 6.07) is 0. The first-order valence-electron chi connectivity index (χ1n) is 4.24. The molecule has 0 saturated heterocycles. The van der Waals surface area contributed by atoms with Crippen LogP contribution in [-0.2, 0) is 10.0 Å². The van der Waals surface area contributed by atoms with Crippen molar-refractivity contribution in [1.82, 2.24) is 4.90 Å². The SMILES string of the molecule is CN(C)/C=N/S(=O)(=O)CC(C)(C)CO. The van der Waals surface area contributed by atoms with Crippen molar-refractivity contribution in [2.75, 3.05) is 26.5 Å². The third-order valence-corrected chi connectivity index (χ3v) is 3.00. The van der Waals surface area contributed by atoms with E-state index >= 15 is 0 Å². The molecule has 0 aromatic heterocycles. The summed E-state index contributed by atoms with van der Waals surface area (Å²) >= 11 is 0. The summed E-state index contributed by atoms with van der Waals surface area (Å²) < 4.78 is 26.2. The Bertz CT molecular complexity index is 294. The first kappa shape index (κ1) is 13.4. The second-order valence-electron chi connectivity index (χ2n) is 4.23. The standard InChI is InChI=1S/C8H18N2O3S/c1-8(2,5-11)6-14(12,13)9-7-10(3)4/h7,11H,5-6H2,1-4H3/b9-7+. The molecule has 14 heavy (non-hydrogen) atoms. The Labute approximate surface area is 85.5 Å². The van der Waals surface area contributed by atoms with Gasteiger partial charge in [0.05, 0.1) is 5.75 Å². The molecule has 0 aliphatic heterocycles. The van der Waals surface area contributed by atoms with Crippen LogP contribution in [0.2, 0.25) is 0 Å². The lowest BCUT2D eigenvalue weighted by atomic mass is 9.98. The average molecular weight is 222 g/mol. The largest absolute Gasteiger partial charge is 0.396 e. The molecule has 0 aliphatic rings. The summed E-state index contributed by atoms with van der Waals surface area (Å²) in [7, 11) is -0.0973. The highest BCUT2D eigenvalue weighted by molar-refractivity contribution is 7.90. The molecule has 0 amide bonds. The van der Waals surface area contributed by atoms with Crippen LogP contribution in [0.25, 0.3) is 0 Å². The highest BCUT2D eigenvalue weighted by Crippen LogP contribution is 2.17. The van der Waals surface area contributed by atoms with Crippen molar-refractivity contribution in [3.63, 3.8) is 0 Å². The van der Waals surface area contributed by atoms with Gasteiger partial charge in [0.15, 0.2) is 0 Å². The van der Waals surface area contributed by atoms with Crippen molar-refractivity contribution in [3.8, 4) is 0 Å². The minimum Gasteiger partial charge on any atom is -0.396 e. The second-order valence-corrected chi connectivity index (χ2v) is 5.90. The van der Waals surface area contributed by atoms with E-state index < -0.39 is 15.4 Å². The summed E-state index contributed by atoms with van der Waals surface area (Å²) in [5, 5.41) is 8.91. The lowest BCUT2D eigenvalue weighted by Crippen LogP contribution is -2.27. The Kier molecular flexibility index (Phi) is 4.54. The highest BCUT2D eigenvalue weighted by atomic mass is 32.2. The summed E-state index contributed by atoms with van der Waals surface area (Å²) in [4.78, 5) is 1.55. The predicted octanol–water partition coefficient (Wildman–Crippen LogP) is -0.0754. The molecule has 5 nitrogen and oxygen atoms in total. The Morgan fingerprint density at radius 1 is 1.43 bits per heavy atom. The lowest BCUT2D eigenvalue weighted by molar-refractivity contribution is 0.179. The van der Waals surface area contributed by atoms with E-state index in [0.29, 0.717) is 0 Å². The molecule has 1 N–H and O–H groups in total. The molecule has 84 valence electrons. The Morgan fingerprint density at radius 3 is 2.29 bits per heavy atom. The molecule has 0 bridgehead atoms. The third-order valence-electron chi connectivity index (χ3n) is 1.44. The lowest BCUT2D eigenvalue weighted by Gasteiger charge is -2.19. The van der Waals surface area contributed by atoms with Crippen molar-refractivity contribution in [2.24, 2.45) is 9.81 Å². The molecule has 0 aromatic rings. The van der Waals surface area contributed by atoms with Gasteiger partial charge in [-0.1, -0.05) is 13.8 Å². The van der Waals surface area contributed by atoms with Crippen LogP contribution in [0.4, 0.5) is 0 Å². The molecular weight excluding hydrogens is 204 g/mol. The van der Waals surface area contributed by atoms with Crippen LogP contribution < -0.4 is 0 Å². The van der Waals surface area contributed by atoms with Gasteiger partial charge in [0.1, 0.15) is 6.34 Å². The number of sulfonamides is 1. The zero-order chi connectivity index (χ0) is 11.4. The molecule has 0 spiro atoms. The molecule has 0 heterocycles. The number of aliphatic hydroxyl groups excluding tert-OH is 1. The number of nitrogens with zero attached hydrogens (tertiary/aromatic N) is 2. The monoisotopic (exact) mass is 222 g/mol. The normalized spacial score (nSPS) is 13.5. The fourth-order valence-corrected chi connectivity index (χ4v) is 2.23. The molecular formula is C8H18N2O3S. The molecule has 0 saturated carbocycles. The van der Waals surface area contributed by atoms with Crippen LogP contribution >= 0.6 is 0 Å². The van der Waals surface area contributed by atoms with Crippen LogP contribution in [0.1, 0.15) is 13.8 Å². The van der Waals surface area contributed by atoms with Gasteiger partial charge in [0.25, 0.3) is 10.0 Å². The van der Waals surface area contributed by atoms with E-state index in [1.807, 2.05) is 0 Å². The van der Waals surface area contributed by atoms with Crippen LogP contribution in [-0.4, -0.2) is 51.2 Å². The maximum absolute atomic E-state index is 11.4. The van der Waals surface area contributed by atoms with Crippen molar-refractivity contribution < 1.29 is 13.5 Å². The van der Waals surface area contributed by atoms with Gasteiger partial charge in [0.2, 0.25) is 0 Å². The maximum atomic E-state index is 11.4. The Morgan fingerprint density at radius 2 is 1.93 bits per heavy atom. The van der Waals surface area contributed by atoms with Gasteiger partial charge in [-0.25, -0.2) is 8.42 Å². The van der Waals surface area contributed by atoms with Crippen molar-refractivity contribution in [1.29, 1.82) is 0 Å². The molecule has 0 radical (unpaired) electrons. The second kappa shape index (κ2) is 4.75. The maximum Gasteiger partial charge on any atom is 0.255 e. The van der Waals surface area contributed by atoms with E-state index in [9.17, 15) is 8.42 Å². The van der Waals surface area contributed by atoms with Gasteiger partial charge in [-0.3, -0.25) is 0 Å². The Balaban J connectivity index is 4.52. The molecule has 0 aromatic carbocycles. The Hall–Kier alpha value is -0.620. The number of aliphatic hydroxyl groups is 1. The molecule has 0 fully saturated rings. The van der Waals surface area contributed by atoms with E-state index in [2.05, 4.69) is 4.40 Å². The van der Waals surface area contributed by atoms with Gasteiger partial charge in [-0.2, -0.15) is 4.40 Å². The van der Waals surface area contributed by atoms with E-state index in [0.717, 1.165) is 0 Å². The van der Waals surface area contributed by atoms with Crippen LogP contribution in [0.3, 0.4) is 0 Å². The zero-order valence-corrected chi connectivity index (χ0v) is 9.87. The zero-order valence-electron chi connectivity index (χ0n) is 9.06. The van der Waals surface area contributed by atoms with Crippen LogP contribution in [0.15, 0.2) is 4.40 Å². The van der Waals surface area contributed by atoms with Gasteiger partial charge in [-0.15, -0.1) is 0 Å². The first-order valence-corrected chi connectivity index (χ1v) is 5.85. The van der Waals surface area contributed by atoms with E-state index in [-0.39, 0.29) is 12.4 Å². The van der Waals surface area contributed by atoms with Gasteiger partial charge >= 0.3 is 0 Å². The van der Waals surface area contributed by atoms with Crippen molar-refractivity contribution in [3.05, 3.63) is 0 Å². The van der Waals surface area contributed by atoms with Gasteiger partial charge in [0, 0.05) is 26.1 Å². The number of rotatable bonds is 5. The van der Waals surface area contributed by atoms with Crippen molar-refractivity contribution in [2.45, 2.75) is 13.8 Å². The molecule has 0 atom stereocenters. The summed E-state index contributed by atoms with van der Waals surface area (Å²) in [5.41, 5.74) is -0.650. The molecule has 0 unspecified atom stereocenters. The minimum absolute atomic E-state index is 0.152. The fraction of sp³-hybridized carbons (Fsp3) is 0.875. The summed E-state index contributed by atoms with van der Waals surface area (Å²) in [5.74, 6) is -0.152. The minimum atomic E-state index is -3.48. The molecule has 0 aliphatic carbocycles. The van der Waals surface area contributed by atoms with Gasteiger partial charge < -0.3 is 10.0 Å². The number of hydrogen-bond acceptors (Lipinski definition) is 3. The van der Waals surface area contributed by atoms with Crippen LogP contribution in [0.5, 0.6) is 0 Å². The van der Waals surface area contributed by atoms with E-state index in [1.165, 1.54) is 6.34 Å². The van der Waals surface area contributed by atoms with Crippen LogP contribution in [0, 0.1) is 5.41 Å². The van der Waals surface area contributed by atoms with Crippen molar-refractivity contribution >= 4 is 16.4 Å². The average Bonchev–Trinajstić information content (AvgIpc) is 1.99. The predicted molar refractivity (Wildman–Crippen MR) is 56.8 cm³/mol. The highest BCUT2D eigenvalue weighted by Gasteiger charge is 2.24. The number of hydrogen-bond donors (Lipinski definition) is 1. The van der Waals surface area contributed by atoms with Gasteiger partial charge in [-0.05, 0) is 0 Å². The van der Waals surface area contributed by atoms with E-state index in [1.54, 1.807) is 32.8 Å². The molecule has 6 heteroatoms. The third kappa shape index (κ3) is 5.93. The smallest absolute Gasteiger partial charge is 0.255 e. The summed E-state index contributed by atoms with van der Waals surface area (Å²) in [6.45, 7) is 3.18. The quantitative estimate of drug-likeness (QED) is 0.522. The summed E-state index contributed by atoms with van der Waals surface area (Å²) in [6.07, 6.45) is 1.24. The van der Waals surface area contributed by atoms with E-state index in [4.69, 9.17) is 5.11 Å². The molecule has 0 rings (SSSR count). The first-order chi connectivity index (χ1) is 6.18. The fourth-order valence-electron chi connectivity index (χ4n) is 0.743.